The number of carboxylic acids is 1. The van der Waals surface area contributed by atoms with Crippen molar-refractivity contribution in [2.24, 2.45) is 0 Å². The Morgan fingerprint density at radius 2 is 2.00 bits per heavy atom. The van der Waals surface area contributed by atoms with Crippen molar-refractivity contribution in [2.45, 2.75) is 46.2 Å². The van der Waals surface area contributed by atoms with E-state index in [4.69, 9.17) is 0 Å². The van der Waals surface area contributed by atoms with Crippen LogP contribution in [0, 0.1) is 6.92 Å². The first-order valence-corrected chi connectivity index (χ1v) is 6.99. The molecule has 0 atom stereocenters. The van der Waals surface area contributed by atoms with Gasteiger partial charge in [0.15, 0.2) is 0 Å². The molecule has 2 aromatic heterocycles. The number of aryl methyl sites for hydroxylation is 1. The Kier molecular flexibility index (Phi) is 4.27. The Morgan fingerprint density at radius 1 is 1.30 bits per heavy atom. The number of rotatable bonds is 6. The van der Waals surface area contributed by atoms with Gasteiger partial charge in [-0.05, 0) is 37.5 Å². The second-order valence-electron chi connectivity index (χ2n) is 5.04. The standard InChI is InChI=1S/C15H21N3O2/c1-4-13(5-2)18-9-7-12(16-18)10-17-8-6-11(3)14(17)15(19)20/h6-9,13H,4-5,10H2,1-3H3,(H,19,20). The largest absolute Gasteiger partial charge is 0.477 e. The lowest BCUT2D eigenvalue weighted by Crippen LogP contribution is -2.12. The highest BCUT2D eigenvalue weighted by atomic mass is 16.4. The van der Waals surface area contributed by atoms with Crippen molar-refractivity contribution in [2.75, 3.05) is 0 Å². The zero-order chi connectivity index (χ0) is 14.7. The van der Waals surface area contributed by atoms with Crippen LogP contribution in [0.3, 0.4) is 0 Å². The molecule has 0 fully saturated rings. The number of aromatic carboxylic acids is 1. The number of aromatic nitrogens is 3. The minimum Gasteiger partial charge on any atom is -0.477 e. The first-order valence-electron chi connectivity index (χ1n) is 6.99. The number of carboxylic acid groups (broad SMARTS) is 1. The third-order valence-corrected chi connectivity index (χ3v) is 3.68. The fraction of sp³-hybridized carbons (Fsp3) is 0.467. The van der Waals surface area contributed by atoms with E-state index in [-0.39, 0.29) is 0 Å². The molecule has 20 heavy (non-hydrogen) atoms. The van der Waals surface area contributed by atoms with E-state index < -0.39 is 5.97 Å². The predicted octanol–water partition coefficient (Wildman–Crippen LogP) is 3.10. The van der Waals surface area contributed by atoms with Crippen LogP contribution in [0.5, 0.6) is 0 Å². The van der Waals surface area contributed by atoms with E-state index in [0.717, 1.165) is 24.1 Å². The minimum atomic E-state index is -0.896. The van der Waals surface area contributed by atoms with Crippen molar-refractivity contribution < 1.29 is 9.90 Å². The molecule has 0 aliphatic carbocycles. The molecule has 108 valence electrons. The summed E-state index contributed by atoms with van der Waals surface area (Å²) >= 11 is 0. The van der Waals surface area contributed by atoms with Gasteiger partial charge in [-0.15, -0.1) is 0 Å². The third kappa shape index (κ3) is 2.76. The van der Waals surface area contributed by atoms with Gasteiger partial charge < -0.3 is 9.67 Å². The Hall–Kier alpha value is -2.04. The lowest BCUT2D eigenvalue weighted by molar-refractivity contribution is 0.0685. The third-order valence-electron chi connectivity index (χ3n) is 3.68. The highest BCUT2D eigenvalue weighted by Gasteiger charge is 2.14. The van der Waals surface area contributed by atoms with Gasteiger partial charge in [-0.1, -0.05) is 13.8 Å². The number of hydrogen-bond acceptors (Lipinski definition) is 2. The monoisotopic (exact) mass is 275 g/mol. The maximum absolute atomic E-state index is 11.3. The molecule has 2 rings (SSSR count). The van der Waals surface area contributed by atoms with E-state index in [2.05, 4.69) is 18.9 Å². The van der Waals surface area contributed by atoms with E-state index in [1.54, 1.807) is 10.8 Å². The van der Waals surface area contributed by atoms with Gasteiger partial charge in [0.2, 0.25) is 0 Å². The smallest absolute Gasteiger partial charge is 0.352 e. The van der Waals surface area contributed by atoms with Gasteiger partial charge in [0.1, 0.15) is 5.69 Å². The van der Waals surface area contributed by atoms with Crippen molar-refractivity contribution in [1.82, 2.24) is 14.3 Å². The second kappa shape index (κ2) is 5.94. The summed E-state index contributed by atoms with van der Waals surface area (Å²) < 4.78 is 3.71. The first-order chi connectivity index (χ1) is 9.56. The average Bonchev–Trinajstić information content (AvgIpc) is 2.99. The highest BCUT2D eigenvalue weighted by molar-refractivity contribution is 5.87. The molecule has 5 heteroatoms. The Morgan fingerprint density at radius 3 is 2.60 bits per heavy atom. The van der Waals surface area contributed by atoms with Crippen molar-refractivity contribution in [1.29, 1.82) is 0 Å². The number of nitrogens with zero attached hydrogens (tertiary/aromatic N) is 3. The first kappa shape index (κ1) is 14.4. The molecule has 0 spiro atoms. The van der Waals surface area contributed by atoms with Crippen molar-refractivity contribution in [3.05, 3.63) is 41.5 Å². The summed E-state index contributed by atoms with van der Waals surface area (Å²) in [6.45, 7) is 6.59. The maximum Gasteiger partial charge on any atom is 0.352 e. The van der Waals surface area contributed by atoms with Crippen LogP contribution < -0.4 is 0 Å². The summed E-state index contributed by atoms with van der Waals surface area (Å²) in [6, 6.07) is 4.19. The van der Waals surface area contributed by atoms with Crippen LogP contribution in [0.4, 0.5) is 0 Å². The molecule has 0 aliphatic heterocycles. The molecule has 0 unspecified atom stereocenters. The van der Waals surface area contributed by atoms with Crippen LogP contribution in [0.25, 0.3) is 0 Å². The normalized spacial score (nSPS) is 11.2. The van der Waals surface area contributed by atoms with E-state index >= 15 is 0 Å². The zero-order valence-electron chi connectivity index (χ0n) is 12.2. The van der Waals surface area contributed by atoms with E-state index in [9.17, 15) is 9.90 Å². The van der Waals surface area contributed by atoms with E-state index in [1.165, 1.54) is 0 Å². The molecule has 5 nitrogen and oxygen atoms in total. The summed E-state index contributed by atoms with van der Waals surface area (Å²) in [5, 5.41) is 13.8. The molecule has 0 saturated carbocycles. The molecule has 0 amide bonds. The van der Waals surface area contributed by atoms with Gasteiger partial charge >= 0.3 is 5.97 Å². The molecule has 0 radical (unpaired) electrons. The lowest BCUT2D eigenvalue weighted by atomic mass is 10.2. The lowest BCUT2D eigenvalue weighted by Gasteiger charge is -2.12. The summed E-state index contributed by atoms with van der Waals surface area (Å²) in [7, 11) is 0. The molecule has 0 saturated heterocycles. The van der Waals surface area contributed by atoms with Crippen molar-refractivity contribution >= 4 is 5.97 Å². The van der Waals surface area contributed by atoms with Gasteiger partial charge in [-0.25, -0.2) is 4.79 Å². The Labute approximate surface area is 118 Å². The molecule has 0 aliphatic rings. The summed E-state index contributed by atoms with van der Waals surface area (Å²) in [4.78, 5) is 11.3. The summed E-state index contributed by atoms with van der Waals surface area (Å²) in [5.74, 6) is -0.896. The second-order valence-corrected chi connectivity index (χ2v) is 5.04. The Balaban J connectivity index is 2.21. The molecular weight excluding hydrogens is 254 g/mol. The van der Waals surface area contributed by atoms with Crippen molar-refractivity contribution in [3.8, 4) is 0 Å². The fourth-order valence-corrected chi connectivity index (χ4v) is 2.51. The molecular formula is C15H21N3O2. The van der Waals surface area contributed by atoms with Gasteiger partial charge in [0.25, 0.3) is 0 Å². The SMILES string of the molecule is CCC(CC)n1ccc(Cn2ccc(C)c2C(=O)O)n1. The topological polar surface area (TPSA) is 60.0 Å². The van der Waals surface area contributed by atoms with Gasteiger partial charge in [-0.2, -0.15) is 5.10 Å². The molecule has 2 heterocycles. The zero-order valence-corrected chi connectivity index (χ0v) is 12.2. The van der Waals surface area contributed by atoms with E-state index in [1.807, 2.05) is 29.9 Å². The minimum absolute atomic E-state index is 0.335. The molecule has 0 aromatic carbocycles. The number of carbonyl (C=O) groups is 1. The fourth-order valence-electron chi connectivity index (χ4n) is 2.51. The van der Waals surface area contributed by atoms with Crippen LogP contribution in [0.2, 0.25) is 0 Å². The van der Waals surface area contributed by atoms with Crippen LogP contribution in [0.1, 0.15) is 54.5 Å². The van der Waals surface area contributed by atoms with Crippen LogP contribution >= 0.6 is 0 Å². The van der Waals surface area contributed by atoms with Gasteiger partial charge in [0, 0.05) is 12.4 Å². The number of hydrogen-bond donors (Lipinski definition) is 1. The predicted molar refractivity (Wildman–Crippen MR) is 77.1 cm³/mol. The summed E-state index contributed by atoms with van der Waals surface area (Å²) in [5.41, 5.74) is 1.99. The van der Waals surface area contributed by atoms with Crippen LogP contribution in [0.15, 0.2) is 24.5 Å². The van der Waals surface area contributed by atoms with Crippen LogP contribution in [-0.4, -0.2) is 25.4 Å². The maximum atomic E-state index is 11.3. The molecule has 0 bridgehead atoms. The summed E-state index contributed by atoms with van der Waals surface area (Å²) in [6.07, 6.45) is 5.86. The molecule has 2 aromatic rings. The highest BCUT2D eigenvalue weighted by Crippen LogP contribution is 2.16. The Bertz CT molecular complexity index is 594. The van der Waals surface area contributed by atoms with Gasteiger partial charge in [-0.3, -0.25) is 4.68 Å². The molecule has 1 N–H and O–H groups in total. The average molecular weight is 275 g/mol. The van der Waals surface area contributed by atoms with Crippen LogP contribution in [-0.2, 0) is 6.54 Å². The van der Waals surface area contributed by atoms with Crippen molar-refractivity contribution in [3.63, 3.8) is 0 Å². The van der Waals surface area contributed by atoms with E-state index in [0.29, 0.717) is 18.3 Å². The van der Waals surface area contributed by atoms with Gasteiger partial charge in [0.05, 0.1) is 18.3 Å². The quantitative estimate of drug-likeness (QED) is 0.881.